The monoisotopic (exact) mass is 341 g/mol. The third kappa shape index (κ3) is 2.67. The third-order valence-electron chi connectivity index (χ3n) is 3.46. The van der Waals surface area contributed by atoms with Crippen molar-refractivity contribution in [2.75, 3.05) is 5.32 Å². The number of nitrogens with zero attached hydrogens (tertiary/aromatic N) is 4. The van der Waals surface area contributed by atoms with Crippen molar-refractivity contribution in [1.82, 2.24) is 19.7 Å². The molecule has 0 aliphatic rings. The number of anilines is 1. The van der Waals surface area contributed by atoms with Crippen LogP contribution in [-0.4, -0.2) is 19.7 Å². The van der Waals surface area contributed by atoms with E-state index in [1.807, 2.05) is 30.3 Å². The molecule has 1 aromatic carbocycles. The van der Waals surface area contributed by atoms with E-state index in [-0.39, 0.29) is 0 Å². The van der Waals surface area contributed by atoms with E-state index in [2.05, 4.69) is 31.8 Å². The molecule has 0 aliphatic carbocycles. The summed E-state index contributed by atoms with van der Waals surface area (Å²) in [7, 11) is 0. The lowest BCUT2D eigenvalue weighted by molar-refractivity contribution is 0.895. The average Bonchev–Trinajstić information content (AvgIpc) is 3.23. The molecule has 0 aliphatic heterocycles. The molecule has 7 heteroatoms. The number of aromatic nitrogens is 4. The van der Waals surface area contributed by atoms with Crippen LogP contribution in [0.4, 0.5) is 5.82 Å². The van der Waals surface area contributed by atoms with Gasteiger partial charge in [-0.1, -0.05) is 29.8 Å². The Morgan fingerprint density at radius 3 is 2.87 bits per heavy atom. The average molecular weight is 342 g/mol. The van der Waals surface area contributed by atoms with Gasteiger partial charge < -0.3 is 5.32 Å². The molecule has 4 aromatic rings. The van der Waals surface area contributed by atoms with E-state index in [1.165, 1.54) is 11.2 Å². The van der Waals surface area contributed by atoms with E-state index < -0.39 is 0 Å². The van der Waals surface area contributed by atoms with Crippen LogP contribution in [0, 0.1) is 0 Å². The summed E-state index contributed by atoms with van der Waals surface area (Å²) in [5.74, 6) is 0.765. The van der Waals surface area contributed by atoms with E-state index in [0.29, 0.717) is 5.02 Å². The van der Waals surface area contributed by atoms with Gasteiger partial charge in [0.2, 0.25) is 0 Å². The zero-order valence-electron chi connectivity index (χ0n) is 12.0. The van der Waals surface area contributed by atoms with Crippen LogP contribution < -0.4 is 5.32 Å². The molecule has 0 atom stereocenters. The molecule has 0 fully saturated rings. The lowest BCUT2D eigenvalue weighted by atomic mass is 10.3. The molecule has 23 heavy (non-hydrogen) atoms. The van der Waals surface area contributed by atoms with E-state index >= 15 is 0 Å². The molecule has 0 unspecified atom stereocenters. The Labute approximate surface area is 141 Å². The molecule has 114 valence electrons. The highest BCUT2D eigenvalue weighted by atomic mass is 35.5. The number of nitrogens with one attached hydrogen (secondary N) is 1. The number of fused-ring (bicyclic) bond motifs is 1. The SMILES string of the molecule is Clc1ccccc1-n1ncc2c(NCc3cccs3)ncnc21. The smallest absolute Gasteiger partial charge is 0.168 e. The summed E-state index contributed by atoms with van der Waals surface area (Å²) in [6, 6.07) is 11.7. The number of rotatable bonds is 4. The number of halogens is 1. The molecule has 5 nitrogen and oxygen atoms in total. The second-order valence-electron chi connectivity index (χ2n) is 4.90. The Hall–Kier alpha value is -2.44. The Morgan fingerprint density at radius 1 is 1.13 bits per heavy atom. The van der Waals surface area contributed by atoms with Gasteiger partial charge in [0.15, 0.2) is 5.65 Å². The number of para-hydroxylation sites is 1. The first kappa shape index (κ1) is 14.2. The van der Waals surface area contributed by atoms with Gasteiger partial charge in [-0.2, -0.15) is 5.10 Å². The molecule has 0 saturated carbocycles. The fourth-order valence-electron chi connectivity index (χ4n) is 2.37. The van der Waals surface area contributed by atoms with Gasteiger partial charge in [-0.3, -0.25) is 0 Å². The first-order valence-electron chi connectivity index (χ1n) is 7.03. The molecule has 4 rings (SSSR count). The van der Waals surface area contributed by atoms with Crippen LogP contribution in [0.5, 0.6) is 0 Å². The van der Waals surface area contributed by atoms with Crippen LogP contribution in [-0.2, 0) is 6.54 Å². The zero-order valence-corrected chi connectivity index (χ0v) is 13.6. The van der Waals surface area contributed by atoms with Crippen molar-refractivity contribution in [2.45, 2.75) is 6.54 Å². The Kier molecular flexibility index (Phi) is 3.69. The minimum Gasteiger partial charge on any atom is -0.364 e. The van der Waals surface area contributed by atoms with Crippen LogP contribution in [0.1, 0.15) is 4.88 Å². The molecule has 0 spiro atoms. The predicted octanol–water partition coefficient (Wildman–Crippen LogP) is 4.14. The molecule has 1 N–H and O–H groups in total. The van der Waals surface area contributed by atoms with Crippen LogP contribution in [0.3, 0.4) is 0 Å². The van der Waals surface area contributed by atoms with Crippen molar-refractivity contribution in [2.24, 2.45) is 0 Å². The van der Waals surface area contributed by atoms with Crippen molar-refractivity contribution < 1.29 is 0 Å². The minimum atomic E-state index is 0.629. The van der Waals surface area contributed by atoms with Crippen molar-refractivity contribution in [3.8, 4) is 5.69 Å². The number of hydrogen-bond acceptors (Lipinski definition) is 5. The van der Waals surface area contributed by atoms with Gasteiger partial charge in [0, 0.05) is 4.88 Å². The lowest BCUT2D eigenvalue weighted by Gasteiger charge is -2.07. The molecule has 3 heterocycles. The molecule has 3 aromatic heterocycles. The standard InChI is InChI=1S/C16H12ClN5S/c17-13-5-1-2-6-14(13)22-16-12(9-21-22)15(19-10-20-16)18-8-11-4-3-7-23-11/h1-7,9-10H,8H2,(H,18,19,20). The first-order chi connectivity index (χ1) is 11.3. The van der Waals surface area contributed by atoms with Gasteiger partial charge in [0.1, 0.15) is 12.1 Å². The van der Waals surface area contributed by atoms with Gasteiger partial charge in [0.25, 0.3) is 0 Å². The maximum absolute atomic E-state index is 6.27. The van der Waals surface area contributed by atoms with Gasteiger partial charge in [-0.25, -0.2) is 14.6 Å². The van der Waals surface area contributed by atoms with E-state index in [4.69, 9.17) is 11.6 Å². The summed E-state index contributed by atoms with van der Waals surface area (Å²) in [5, 5.41) is 11.3. The summed E-state index contributed by atoms with van der Waals surface area (Å²) in [6.07, 6.45) is 3.30. The van der Waals surface area contributed by atoms with Crippen molar-refractivity contribution in [3.05, 3.63) is 64.2 Å². The number of hydrogen-bond donors (Lipinski definition) is 1. The third-order valence-corrected chi connectivity index (χ3v) is 4.65. The maximum atomic E-state index is 6.27. The van der Waals surface area contributed by atoms with Crippen molar-refractivity contribution in [3.63, 3.8) is 0 Å². The number of thiophene rings is 1. The van der Waals surface area contributed by atoms with Crippen LogP contribution in [0.25, 0.3) is 16.7 Å². The van der Waals surface area contributed by atoms with Gasteiger partial charge in [-0.15, -0.1) is 11.3 Å². The summed E-state index contributed by atoms with van der Waals surface area (Å²) in [6.45, 7) is 0.723. The highest BCUT2D eigenvalue weighted by Crippen LogP contribution is 2.26. The Bertz CT molecular complexity index is 948. The summed E-state index contributed by atoms with van der Waals surface area (Å²) in [4.78, 5) is 9.94. The van der Waals surface area contributed by atoms with Gasteiger partial charge in [0.05, 0.1) is 28.8 Å². The molecule has 0 radical (unpaired) electrons. The number of benzene rings is 1. The normalized spacial score (nSPS) is 11.0. The summed E-state index contributed by atoms with van der Waals surface area (Å²) in [5.41, 5.74) is 1.52. The molecule has 0 bridgehead atoms. The van der Waals surface area contributed by atoms with Crippen molar-refractivity contribution in [1.29, 1.82) is 0 Å². The van der Waals surface area contributed by atoms with Crippen LogP contribution in [0.2, 0.25) is 5.02 Å². The van der Waals surface area contributed by atoms with Crippen LogP contribution in [0.15, 0.2) is 54.3 Å². The highest BCUT2D eigenvalue weighted by molar-refractivity contribution is 7.09. The summed E-state index contributed by atoms with van der Waals surface area (Å²) < 4.78 is 1.73. The highest BCUT2D eigenvalue weighted by Gasteiger charge is 2.12. The van der Waals surface area contributed by atoms with E-state index in [9.17, 15) is 0 Å². The minimum absolute atomic E-state index is 0.629. The lowest BCUT2D eigenvalue weighted by Crippen LogP contribution is -2.02. The van der Waals surface area contributed by atoms with E-state index in [0.717, 1.165) is 29.1 Å². The quantitative estimate of drug-likeness (QED) is 0.606. The topological polar surface area (TPSA) is 55.6 Å². The second-order valence-corrected chi connectivity index (χ2v) is 6.34. The largest absolute Gasteiger partial charge is 0.364 e. The van der Waals surface area contributed by atoms with Crippen molar-refractivity contribution >= 4 is 39.8 Å². The molecule has 0 saturated heterocycles. The second kappa shape index (κ2) is 5.98. The Balaban J connectivity index is 1.73. The van der Waals surface area contributed by atoms with Crippen LogP contribution >= 0.6 is 22.9 Å². The Morgan fingerprint density at radius 2 is 2.04 bits per heavy atom. The molecule has 0 amide bonds. The van der Waals surface area contributed by atoms with Gasteiger partial charge in [-0.05, 0) is 23.6 Å². The fourth-order valence-corrected chi connectivity index (χ4v) is 3.23. The molecular formula is C16H12ClN5S. The first-order valence-corrected chi connectivity index (χ1v) is 8.28. The predicted molar refractivity (Wildman–Crippen MR) is 93.3 cm³/mol. The summed E-state index contributed by atoms with van der Waals surface area (Å²) >= 11 is 7.97. The zero-order chi connectivity index (χ0) is 15.6. The van der Waals surface area contributed by atoms with E-state index in [1.54, 1.807) is 22.2 Å². The van der Waals surface area contributed by atoms with Gasteiger partial charge >= 0.3 is 0 Å². The maximum Gasteiger partial charge on any atom is 0.168 e. The fraction of sp³-hybridized carbons (Fsp3) is 0.0625. The molecular weight excluding hydrogens is 330 g/mol.